The smallest absolute Gasteiger partial charge is 0.133 e. The van der Waals surface area contributed by atoms with Crippen LogP contribution in [-0.4, -0.2) is 11.4 Å². The van der Waals surface area contributed by atoms with E-state index in [0.717, 1.165) is 16.9 Å². The second-order valence-corrected chi connectivity index (χ2v) is 7.84. The molecule has 0 bridgehead atoms. The van der Waals surface area contributed by atoms with Crippen molar-refractivity contribution in [3.63, 3.8) is 0 Å². The highest BCUT2D eigenvalue weighted by Crippen LogP contribution is 2.70. The lowest BCUT2D eigenvalue weighted by Crippen LogP contribution is -1.91. The van der Waals surface area contributed by atoms with E-state index < -0.39 is 4.33 Å². The molecular formula is C16H11Cl5O. The van der Waals surface area contributed by atoms with E-state index >= 15 is 0 Å². The second-order valence-electron chi connectivity index (χ2n) is 5.20. The maximum Gasteiger partial charge on any atom is 0.133 e. The van der Waals surface area contributed by atoms with Crippen molar-refractivity contribution in [3.05, 3.63) is 62.6 Å². The molecule has 0 unspecified atom stereocenters. The van der Waals surface area contributed by atoms with Gasteiger partial charge < -0.3 is 4.74 Å². The monoisotopic (exact) mass is 394 g/mol. The first-order chi connectivity index (χ1) is 10.4. The Kier molecular flexibility index (Phi) is 4.48. The molecule has 0 heterocycles. The molecule has 6 heteroatoms. The summed E-state index contributed by atoms with van der Waals surface area (Å²) in [4.78, 5) is 0. The van der Waals surface area contributed by atoms with Crippen molar-refractivity contribution in [2.24, 2.45) is 0 Å². The van der Waals surface area contributed by atoms with Gasteiger partial charge in [-0.25, -0.2) is 0 Å². The van der Waals surface area contributed by atoms with E-state index in [9.17, 15) is 0 Å². The molecular weight excluding hydrogens is 385 g/mol. The lowest BCUT2D eigenvalue weighted by Gasteiger charge is -2.05. The summed E-state index contributed by atoms with van der Waals surface area (Å²) in [6, 6.07) is 11.2. The zero-order chi connectivity index (χ0) is 16.1. The minimum absolute atomic E-state index is 0.0324. The first-order valence-corrected chi connectivity index (χ1v) is 8.41. The van der Waals surface area contributed by atoms with E-state index in [-0.39, 0.29) is 11.8 Å². The van der Waals surface area contributed by atoms with Crippen molar-refractivity contribution < 1.29 is 4.74 Å². The third-order valence-corrected chi connectivity index (χ3v) is 6.03. The van der Waals surface area contributed by atoms with Gasteiger partial charge in [0.15, 0.2) is 0 Å². The Balaban J connectivity index is 1.95. The van der Waals surface area contributed by atoms with Gasteiger partial charge in [-0.1, -0.05) is 46.9 Å². The van der Waals surface area contributed by atoms with Crippen LogP contribution >= 0.6 is 58.0 Å². The van der Waals surface area contributed by atoms with Crippen LogP contribution in [0.3, 0.4) is 0 Å². The van der Waals surface area contributed by atoms with E-state index in [1.807, 2.05) is 24.3 Å². The maximum atomic E-state index is 6.48. The Bertz CT molecular complexity index is 688. The van der Waals surface area contributed by atoms with Crippen LogP contribution in [0.15, 0.2) is 36.4 Å². The summed E-state index contributed by atoms with van der Waals surface area (Å²) in [5.41, 5.74) is 1.92. The fourth-order valence-corrected chi connectivity index (χ4v) is 4.22. The molecule has 0 N–H and O–H groups in total. The van der Waals surface area contributed by atoms with Crippen LogP contribution in [-0.2, 0) is 0 Å². The van der Waals surface area contributed by atoms with Gasteiger partial charge in [-0.05, 0) is 35.4 Å². The van der Waals surface area contributed by atoms with Crippen LogP contribution in [0.25, 0.3) is 0 Å². The minimum Gasteiger partial charge on any atom is -0.497 e. The largest absolute Gasteiger partial charge is 0.497 e. The first kappa shape index (κ1) is 16.5. The molecule has 0 aliphatic heterocycles. The lowest BCUT2D eigenvalue weighted by molar-refractivity contribution is 0.414. The molecule has 1 nitrogen and oxygen atoms in total. The van der Waals surface area contributed by atoms with Gasteiger partial charge in [-0.3, -0.25) is 0 Å². The fraction of sp³-hybridized carbons (Fsp3) is 0.250. The maximum absolute atomic E-state index is 6.48. The van der Waals surface area contributed by atoms with Gasteiger partial charge in [-0.15, -0.1) is 23.2 Å². The summed E-state index contributed by atoms with van der Waals surface area (Å²) in [5, 5.41) is 1.13. The van der Waals surface area contributed by atoms with Gasteiger partial charge >= 0.3 is 0 Å². The van der Waals surface area contributed by atoms with Gasteiger partial charge in [0.05, 0.1) is 22.2 Å². The molecule has 0 radical (unpaired) electrons. The van der Waals surface area contributed by atoms with Gasteiger partial charge in [0, 0.05) is 11.8 Å². The highest BCUT2D eigenvalue weighted by atomic mass is 35.5. The van der Waals surface area contributed by atoms with Gasteiger partial charge in [0.2, 0.25) is 0 Å². The molecule has 0 saturated heterocycles. The molecule has 1 saturated carbocycles. The van der Waals surface area contributed by atoms with Crippen molar-refractivity contribution in [1.82, 2.24) is 0 Å². The summed E-state index contributed by atoms with van der Waals surface area (Å²) in [7, 11) is 1.63. The molecule has 116 valence electrons. The zero-order valence-electron chi connectivity index (χ0n) is 11.4. The third-order valence-electron chi connectivity index (χ3n) is 3.89. The number of ether oxygens (including phenoxy) is 1. The molecule has 0 amide bonds. The van der Waals surface area contributed by atoms with Crippen LogP contribution in [0.5, 0.6) is 5.75 Å². The van der Waals surface area contributed by atoms with E-state index in [1.54, 1.807) is 19.2 Å². The van der Waals surface area contributed by atoms with E-state index in [0.29, 0.717) is 15.1 Å². The summed E-state index contributed by atoms with van der Waals surface area (Å²) in [5.74, 6) is 0.666. The van der Waals surface area contributed by atoms with Crippen molar-refractivity contribution in [2.75, 3.05) is 7.11 Å². The number of hydrogen-bond donors (Lipinski definition) is 0. The highest BCUT2D eigenvalue weighted by Gasteiger charge is 2.64. The average molecular weight is 397 g/mol. The molecule has 0 spiro atoms. The predicted octanol–water partition coefficient (Wildman–Crippen LogP) is 6.71. The van der Waals surface area contributed by atoms with Crippen LogP contribution < -0.4 is 4.74 Å². The van der Waals surface area contributed by atoms with E-state index in [4.69, 9.17) is 62.7 Å². The first-order valence-electron chi connectivity index (χ1n) is 6.52. The van der Waals surface area contributed by atoms with Crippen molar-refractivity contribution in [2.45, 2.75) is 16.2 Å². The Hall–Kier alpha value is -0.310. The molecule has 22 heavy (non-hydrogen) atoms. The molecule has 1 aliphatic carbocycles. The van der Waals surface area contributed by atoms with Gasteiger partial charge in [-0.2, -0.15) is 0 Å². The van der Waals surface area contributed by atoms with Crippen molar-refractivity contribution in [3.8, 4) is 5.75 Å². The van der Waals surface area contributed by atoms with Crippen LogP contribution in [0.2, 0.25) is 15.1 Å². The number of benzene rings is 2. The topological polar surface area (TPSA) is 9.23 Å². The summed E-state index contributed by atoms with van der Waals surface area (Å²) < 4.78 is 4.27. The standard InChI is InChI=1S/C16H11Cl5O/c1-22-10-4-2-8(3-5-10)13-14(16(13,20)21)9-6-11(17)15(19)12(18)7-9/h2-7,13-14H,1H3/t13-,14-/m0/s1. The van der Waals surface area contributed by atoms with Crippen LogP contribution in [0.4, 0.5) is 0 Å². The zero-order valence-corrected chi connectivity index (χ0v) is 15.2. The normalized spacial score (nSPS) is 22.5. The Labute approximate surface area is 154 Å². The number of halogens is 5. The van der Waals surface area contributed by atoms with E-state index in [2.05, 4.69) is 0 Å². The third kappa shape index (κ3) is 2.79. The minimum atomic E-state index is -0.894. The lowest BCUT2D eigenvalue weighted by atomic mass is 10.0. The molecule has 1 aliphatic rings. The van der Waals surface area contributed by atoms with Crippen molar-refractivity contribution in [1.29, 1.82) is 0 Å². The fourth-order valence-electron chi connectivity index (χ4n) is 2.72. The Morgan fingerprint density at radius 2 is 1.36 bits per heavy atom. The Morgan fingerprint density at radius 1 is 0.864 bits per heavy atom. The molecule has 2 atom stereocenters. The molecule has 2 aromatic carbocycles. The number of rotatable bonds is 3. The highest BCUT2D eigenvalue weighted by molar-refractivity contribution is 6.52. The number of hydrogen-bond acceptors (Lipinski definition) is 1. The molecule has 3 rings (SSSR count). The van der Waals surface area contributed by atoms with Crippen molar-refractivity contribution >= 4 is 58.0 Å². The Morgan fingerprint density at radius 3 is 1.86 bits per heavy atom. The van der Waals surface area contributed by atoms with Gasteiger partial charge in [0.25, 0.3) is 0 Å². The summed E-state index contributed by atoms with van der Waals surface area (Å²) in [6.07, 6.45) is 0. The second kappa shape index (κ2) is 5.96. The molecule has 2 aromatic rings. The van der Waals surface area contributed by atoms with Gasteiger partial charge in [0.1, 0.15) is 10.1 Å². The molecule has 0 aromatic heterocycles. The predicted molar refractivity (Wildman–Crippen MR) is 94.4 cm³/mol. The number of alkyl halides is 2. The average Bonchev–Trinajstić information content (AvgIpc) is 3.07. The number of methoxy groups -OCH3 is 1. The summed E-state index contributed by atoms with van der Waals surface area (Å²) in [6.45, 7) is 0. The quantitative estimate of drug-likeness (QED) is 0.414. The van der Waals surface area contributed by atoms with Crippen LogP contribution in [0, 0.1) is 0 Å². The van der Waals surface area contributed by atoms with E-state index in [1.165, 1.54) is 0 Å². The summed E-state index contributed by atoms with van der Waals surface area (Å²) >= 11 is 31.1. The SMILES string of the molecule is COc1ccc([C@H]2[C@H](c3cc(Cl)c(Cl)c(Cl)c3)C2(Cl)Cl)cc1. The van der Waals surface area contributed by atoms with Crippen LogP contribution in [0.1, 0.15) is 23.0 Å². The molecule has 1 fully saturated rings.